The molecule has 6 rings (SSSR count). The Labute approximate surface area is 209 Å². The minimum absolute atomic E-state index is 0.0719. The molecule has 0 radical (unpaired) electrons. The molecule has 3 aliphatic rings. The maximum absolute atomic E-state index is 14.6. The van der Waals surface area contributed by atoms with Crippen LogP contribution in [0.2, 0.25) is 0 Å². The number of hydrogen-bond acceptors (Lipinski definition) is 6. The fourth-order valence-corrected chi connectivity index (χ4v) is 5.46. The molecule has 190 valence electrons. The molecule has 1 N–H and O–H groups in total. The molecule has 0 saturated carbocycles. The van der Waals surface area contributed by atoms with Crippen LogP contribution in [0.1, 0.15) is 18.4 Å². The second kappa shape index (κ2) is 9.61. The minimum atomic E-state index is -0.409. The third-order valence-electron chi connectivity index (χ3n) is 7.57. The monoisotopic (exact) mass is 493 g/mol. The quantitative estimate of drug-likeness (QED) is 0.546. The van der Waals surface area contributed by atoms with Crippen molar-refractivity contribution in [3.63, 3.8) is 0 Å². The van der Waals surface area contributed by atoms with Crippen molar-refractivity contribution in [3.8, 4) is 11.5 Å². The van der Waals surface area contributed by atoms with Crippen molar-refractivity contribution in [1.29, 1.82) is 0 Å². The lowest BCUT2D eigenvalue weighted by Gasteiger charge is -2.35. The average molecular weight is 494 g/mol. The number of ether oxygens (including phenoxy) is 2. The summed E-state index contributed by atoms with van der Waals surface area (Å²) in [4.78, 5) is 18.0. The smallest absolute Gasteiger partial charge is 0.225 e. The summed E-state index contributed by atoms with van der Waals surface area (Å²) in [6.07, 6.45) is 4.40. The Morgan fingerprint density at radius 3 is 2.89 bits per heavy atom. The van der Waals surface area contributed by atoms with Gasteiger partial charge < -0.3 is 24.6 Å². The molecular formula is C27H32FN5O3. The maximum Gasteiger partial charge on any atom is 0.225 e. The van der Waals surface area contributed by atoms with Gasteiger partial charge >= 0.3 is 0 Å². The molecule has 0 spiro atoms. The van der Waals surface area contributed by atoms with Crippen LogP contribution in [-0.4, -0.2) is 72.6 Å². The van der Waals surface area contributed by atoms with E-state index in [1.165, 1.54) is 12.5 Å². The van der Waals surface area contributed by atoms with Gasteiger partial charge in [0.15, 0.2) is 17.3 Å². The lowest BCUT2D eigenvalue weighted by atomic mass is 10.0. The fraction of sp³-hybridized carbons (Fsp3) is 0.481. The Hall–Kier alpha value is -3.33. The first-order valence-corrected chi connectivity index (χ1v) is 12.8. The van der Waals surface area contributed by atoms with Crippen LogP contribution in [-0.2, 0) is 18.3 Å². The lowest BCUT2D eigenvalue weighted by Crippen LogP contribution is -2.50. The number of nitrogens with zero attached hydrogens (tertiary/aromatic N) is 4. The molecule has 3 aliphatic heterocycles. The van der Waals surface area contributed by atoms with Gasteiger partial charge in [-0.1, -0.05) is 0 Å². The van der Waals surface area contributed by atoms with E-state index in [9.17, 15) is 9.18 Å². The van der Waals surface area contributed by atoms with Gasteiger partial charge in [-0.25, -0.2) is 4.39 Å². The molecule has 8 nitrogen and oxygen atoms in total. The summed E-state index contributed by atoms with van der Waals surface area (Å²) in [5.74, 6) is 0.213. The van der Waals surface area contributed by atoms with E-state index in [0.29, 0.717) is 31.9 Å². The summed E-state index contributed by atoms with van der Waals surface area (Å²) in [5, 5.41) is 8.74. The van der Waals surface area contributed by atoms with E-state index in [4.69, 9.17) is 9.47 Å². The average Bonchev–Trinajstić information content (AvgIpc) is 3.49. The number of fused-ring (bicyclic) bond motifs is 2. The van der Waals surface area contributed by atoms with Gasteiger partial charge in [-0.05, 0) is 68.2 Å². The number of rotatable bonds is 7. The number of carbonyl (C=O) groups is 1. The zero-order valence-electron chi connectivity index (χ0n) is 20.6. The van der Waals surface area contributed by atoms with Gasteiger partial charge in [-0.2, -0.15) is 5.10 Å². The van der Waals surface area contributed by atoms with Crippen molar-refractivity contribution in [1.82, 2.24) is 20.0 Å². The van der Waals surface area contributed by atoms with Crippen LogP contribution in [0.5, 0.6) is 11.5 Å². The first-order valence-electron chi connectivity index (χ1n) is 12.8. The molecule has 3 aromatic rings. The zero-order valence-corrected chi connectivity index (χ0v) is 20.6. The minimum Gasteiger partial charge on any atom is -0.486 e. The first kappa shape index (κ1) is 23.1. The number of aryl methyl sites for hydroxylation is 1. The molecule has 1 aromatic heterocycles. The van der Waals surface area contributed by atoms with Gasteiger partial charge in [-0.3, -0.25) is 9.48 Å². The summed E-state index contributed by atoms with van der Waals surface area (Å²) in [7, 11) is 1.94. The Kier molecular flexibility index (Phi) is 6.17. The summed E-state index contributed by atoms with van der Waals surface area (Å²) in [6, 6.07) is 9.59. The zero-order chi connectivity index (χ0) is 24.6. The highest BCUT2D eigenvalue weighted by Crippen LogP contribution is 2.34. The number of carbonyl (C=O) groups excluding carboxylic acids is 1. The van der Waals surface area contributed by atoms with Crippen molar-refractivity contribution >= 4 is 22.5 Å². The van der Waals surface area contributed by atoms with E-state index < -0.39 is 5.82 Å². The van der Waals surface area contributed by atoms with Gasteiger partial charge in [0.2, 0.25) is 5.91 Å². The highest BCUT2D eigenvalue weighted by atomic mass is 19.1. The van der Waals surface area contributed by atoms with Crippen molar-refractivity contribution in [3.05, 3.63) is 47.9 Å². The second-order valence-corrected chi connectivity index (χ2v) is 10.1. The van der Waals surface area contributed by atoms with E-state index >= 15 is 0 Å². The number of amides is 1. The summed E-state index contributed by atoms with van der Waals surface area (Å²) in [5.41, 5.74) is 3.01. The number of hydrogen-bond donors (Lipinski definition) is 1. The van der Waals surface area contributed by atoms with E-state index in [0.717, 1.165) is 54.8 Å². The second-order valence-electron chi connectivity index (χ2n) is 10.1. The number of aromatic nitrogens is 2. The molecule has 1 unspecified atom stereocenters. The third kappa shape index (κ3) is 4.59. The SMILES string of the molecule is Cn1ncc2ccc(N3CC[C@@H](C(=O)NC(Cc4cc(F)c5c(c4)OCCO5)CN4CCC4)C3)cc21. The molecule has 2 atom stereocenters. The van der Waals surface area contributed by atoms with Crippen molar-refractivity contribution in [2.24, 2.45) is 13.0 Å². The predicted molar refractivity (Wildman–Crippen MR) is 135 cm³/mol. The molecule has 4 heterocycles. The number of likely N-dealkylation sites (tertiary alicyclic amines) is 1. The maximum atomic E-state index is 14.6. The molecule has 1 amide bonds. The van der Waals surface area contributed by atoms with Crippen molar-refractivity contribution in [2.45, 2.75) is 25.3 Å². The molecular weight excluding hydrogens is 461 g/mol. The molecule has 2 fully saturated rings. The van der Waals surface area contributed by atoms with Crippen LogP contribution in [0, 0.1) is 11.7 Å². The number of halogens is 1. The number of benzene rings is 2. The topological polar surface area (TPSA) is 71.9 Å². The van der Waals surface area contributed by atoms with Crippen molar-refractivity contribution in [2.75, 3.05) is 50.8 Å². The molecule has 0 bridgehead atoms. The van der Waals surface area contributed by atoms with Gasteiger partial charge in [0.05, 0.1) is 17.6 Å². The van der Waals surface area contributed by atoms with E-state index in [2.05, 4.69) is 38.4 Å². The summed E-state index contributed by atoms with van der Waals surface area (Å²) in [6.45, 7) is 5.12. The standard InChI is InChI=1S/C27H32FN5O3/c1-31-24-14-22(4-3-19(24)15-29-31)33-8-5-20(16-33)27(34)30-21(17-32-6-2-7-32)11-18-12-23(28)26-25(13-18)35-9-10-36-26/h3-4,12-15,20-21H,2,5-11,16-17H2,1H3,(H,30,34)/t20-,21?/m1/s1. The van der Waals surface area contributed by atoms with Crippen LogP contribution in [0.25, 0.3) is 10.9 Å². The fourth-order valence-electron chi connectivity index (χ4n) is 5.46. The summed E-state index contributed by atoms with van der Waals surface area (Å²) < 4.78 is 27.5. The molecule has 2 aromatic carbocycles. The van der Waals surface area contributed by atoms with Crippen LogP contribution in [0.3, 0.4) is 0 Å². The van der Waals surface area contributed by atoms with Crippen LogP contribution in [0.4, 0.5) is 10.1 Å². The third-order valence-corrected chi connectivity index (χ3v) is 7.57. The molecule has 9 heteroatoms. The first-order chi connectivity index (χ1) is 17.5. The Morgan fingerprint density at radius 2 is 2.06 bits per heavy atom. The molecule has 2 saturated heterocycles. The van der Waals surface area contributed by atoms with Crippen molar-refractivity contribution < 1.29 is 18.7 Å². The van der Waals surface area contributed by atoms with Gasteiger partial charge in [0.1, 0.15) is 13.2 Å². The van der Waals surface area contributed by atoms with Gasteiger partial charge in [0.25, 0.3) is 0 Å². The largest absolute Gasteiger partial charge is 0.486 e. The van der Waals surface area contributed by atoms with Crippen LogP contribution >= 0.6 is 0 Å². The summed E-state index contributed by atoms with van der Waals surface area (Å²) >= 11 is 0. The van der Waals surface area contributed by atoms with Gasteiger partial charge in [-0.15, -0.1) is 0 Å². The highest BCUT2D eigenvalue weighted by molar-refractivity contribution is 5.84. The molecule has 36 heavy (non-hydrogen) atoms. The Bertz CT molecular complexity index is 1270. The van der Waals surface area contributed by atoms with Crippen LogP contribution in [0.15, 0.2) is 36.5 Å². The van der Waals surface area contributed by atoms with E-state index in [1.807, 2.05) is 24.0 Å². The van der Waals surface area contributed by atoms with Gasteiger partial charge in [0, 0.05) is 43.8 Å². The lowest BCUT2D eigenvalue weighted by molar-refractivity contribution is -0.125. The molecule has 0 aliphatic carbocycles. The Morgan fingerprint density at radius 1 is 1.19 bits per heavy atom. The normalized spacial score (nSPS) is 20.4. The number of anilines is 1. The number of nitrogens with one attached hydrogen (secondary N) is 1. The Balaban J connectivity index is 1.13. The van der Waals surface area contributed by atoms with E-state index in [-0.39, 0.29) is 23.6 Å². The van der Waals surface area contributed by atoms with E-state index in [1.54, 1.807) is 0 Å². The van der Waals surface area contributed by atoms with Crippen LogP contribution < -0.4 is 19.7 Å². The predicted octanol–water partition coefficient (Wildman–Crippen LogP) is 2.74. The highest BCUT2D eigenvalue weighted by Gasteiger charge is 2.31.